The Labute approximate surface area is 182 Å². The van der Waals surface area contributed by atoms with Crippen LogP contribution in [-0.4, -0.2) is 74.7 Å². The van der Waals surface area contributed by atoms with Gasteiger partial charge in [-0.1, -0.05) is 19.8 Å². The van der Waals surface area contributed by atoms with Gasteiger partial charge in [0.05, 0.1) is 13.0 Å². The second kappa shape index (κ2) is 13.6. The highest BCUT2D eigenvalue weighted by atomic mass is 127. The number of carbonyl (C=O) groups is 1. The van der Waals surface area contributed by atoms with Gasteiger partial charge in [0.2, 0.25) is 0 Å². The number of nitrogens with one attached hydrogen (secondary N) is 1. The Morgan fingerprint density at radius 2 is 1.89 bits per heavy atom. The van der Waals surface area contributed by atoms with Crippen LogP contribution in [0, 0.1) is 11.8 Å². The number of nitrogens with zero attached hydrogens (tertiary/aromatic N) is 3. The fraction of sp³-hybridized carbons (Fsp3) is 0.900. The minimum Gasteiger partial charge on any atom is -0.469 e. The van der Waals surface area contributed by atoms with E-state index in [0.717, 1.165) is 32.0 Å². The molecule has 0 spiro atoms. The van der Waals surface area contributed by atoms with Gasteiger partial charge in [0.1, 0.15) is 0 Å². The maximum atomic E-state index is 11.9. The molecule has 6 nitrogen and oxygen atoms in total. The standard InChI is InChI=1S/C20H38N4O2.HI/c1-4-21-20(24-15-17(2)18(16-24)19(25)26-3)22-11-7-5-8-12-23-13-9-6-10-14-23;/h17-18H,4-16H2,1-3H3,(H,21,22);1H. The zero-order valence-corrected chi connectivity index (χ0v) is 19.7. The number of rotatable bonds is 8. The molecule has 2 saturated heterocycles. The lowest BCUT2D eigenvalue weighted by Crippen LogP contribution is -2.40. The molecule has 0 amide bonds. The first-order chi connectivity index (χ1) is 12.7. The molecule has 27 heavy (non-hydrogen) atoms. The Bertz CT molecular complexity index is 455. The van der Waals surface area contributed by atoms with E-state index in [1.54, 1.807) is 0 Å². The van der Waals surface area contributed by atoms with Crippen LogP contribution in [0.3, 0.4) is 0 Å². The summed E-state index contributed by atoms with van der Waals surface area (Å²) in [4.78, 5) is 21.5. The quantitative estimate of drug-likeness (QED) is 0.185. The summed E-state index contributed by atoms with van der Waals surface area (Å²) in [5.74, 6) is 1.10. The highest BCUT2D eigenvalue weighted by Crippen LogP contribution is 2.24. The smallest absolute Gasteiger partial charge is 0.310 e. The van der Waals surface area contributed by atoms with E-state index in [1.165, 1.54) is 58.8 Å². The summed E-state index contributed by atoms with van der Waals surface area (Å²) in [6.45, 7) is 11.3. The molecule has 2 atom stereocenters. The predicted octanol–water partition coefficient (Wildman–Crippen LogP) is 2.97. The molecule has 0 saturated carbocycles. The fourth-order valence-electron chi connectivity index (χ4n) is 4.02. The molecule has 0 radical (unpaired) electrons. The van der Waals surface area contributed by atoms with Crippen LogP contribution in [-0.2, 0) is 9.53 Å². The van der Waals surface area contributed by atoms with E-state index in [-0.39, 0.29) is 35.9 Å². The summed E-state index contributed by atoms with van der Waals surface area (Å²) in [5, 5.41) is 3.38. The maximum absolute atomic E-state index is 11.9. The Hall–Kier alpha value is -0.570. The van der Waals surface area contributed by atoms with Gasteiger partial charge in [0.25, 0.3) is 0 Å². The van der Waals surface area contributed by atoms with Crippen molar-refractivity contribution in [3.63, 3.8) is 0 Å². The number of ether oxygens (including phenoxy) is 1. The average molecular weight is 494 g/mol. The molecule has 0 aromatic rings. The number of guanidine groups is 1. The van der Waals surface area contributed by atoms with Crippen LogP contribution in [0.1, 0.15) is 52.4 Å². The van der Waals surface area contributed by atoms with Gasteiger partial charge in [0, 0.05) is 26.2 Å². The topological polar surface area (TPSA) is 57.2 Å². The zero-order chi connectivity index (χ0) is 18.8. The number of carbonyl (C=O) groups excluding carboxylic acids is 1. The van der Waals surface area contributed by atoms with Crippen molar-refractivity contribution in [1.29, 1.82) is 0 Å². The van der Waals surface area contributed by atoms with Crippen molar-refractivity contribution in [3.8, 4) is 0 Å². The first-order valence-electron chi connectivity index (χ1n) is 10.5. The van der Waals surface area contributed by atoms with Crippen molar-refractivity contribution in [2.24, 2.45) is 16.8 Å². The molecule has 2 aliphatic heterocycles. The van der Waals surface area contributed by atoms with E-state index in [1.807, 2.05) is 0 Å². The molecule has 0 aromatic heterocycles. The van der Waals surface area contributed by atoms with Gasteiger partial charge in [-0.05, 0) is 58.2 Å². The molecule has 2 heterocycles. The Balaban J connectivity index is 0.00000364. The molecule has 1 N–H and O–H groups in total. The number of piperidine rings is 1. The van der Waals surface area contributed by atoms with E-state index in [2.05, 4.69) is 29.0 Å². The Kier molecular flexibility index (Phi) is 12.3. The monoisotopic (exact) mass is 494 g/mol. The third-order valence-corrected chi connectivity index (χ3v) is 5.59. The lowest BCUT2D eigenvalue weighted by atomic mass is 9.99. The van der Waals surface area contributed by atoms with Crippen LogP contribution in [0.15, 0.2) is 4.99 Å². The summed E-state index contributed by atoms with van der Waals surface area (Å²) in [7, 11) is 1.47. The van der Waals surface area contributed by atoms with E-state index in [0.29, 0.717) is 12.5 Å². The molecule has 7 heteroatoms. The number of likely N-dealkylation sites (tertiary alicyclic amines) is 2. The first-order valence-corrected chi connectivity index (χ1v) is 10.5. The van der Waals surface area contributed by atoms with Crippen LogP contribution in [0.2, 0.25) is 0 Å². The molecule has 2 rings (SSSR count). The van der Waals surface area contributed by atoms with Gasteiger partial charge >= 0.3 is 5.97 Å². The maximum Gasteiger partial charge on any atom is 0.310 e. The lowest BCUT2D eigenvalue weighted by Gasteiger charge is -2.26. The number of esters is 1. The summed E-state index contributed by atoms with van der Waals surface area (Å²) in [6.07, 6.45) is 7.79. The van der Waals surface area contributed by atoms with Gasteiger partial charge in [-0.15, -0.1) is 24.0 Å². The normalized spacial score (nSPS) is 23.8. The number of aliphatic imine (C=N–C) groups is 1. The molecule has 0 aromatic carbocycles. The second-order valence-electron chi connectivity index (χ2n) is 7.71. The van der Waals surface area contributed by atoms with Crippen LogP contribution in [0.5, 0.6) is 0 Å². The van der Waals surface area contributed by atoms with E-state index >= 15 is 0 Å². The molecule has 2 unspecified atom stereocenters. The number of halogens is 1. The van der Waals surface area contributed by atoms with Crippen LogP contribution < -0.4 is 5.32 Å². The lowest BCUT2D eigenvalue weighted by molar-refractivity contribution is -0.145. The summed E-state index contributed by atoms with van der Waals surface area (Å²) in [6, 6.07) is 0. The SMILES string of the molecule is CCNC(=NCCCCCN1CCCCC1)N1CC(C)C(C(=O)OC)C1.I. The van der Waals surface area contributed by atoms with Crippen LogP contribution in [0.4, 0.5) is 0 Å². The van der Waals surface area contributed by atoms with Gasteiger partial charge in [-0.25, -0.2) is 0 Å². The summed E-state index contributed by atoms with van der Waals surface area (Å²) >= 11 is 0. The minimum atomic E-state index is -0.103. The van der Waals surface area contributed by atoms with Crippen LogP contribution >= 0.6 is 24.0 Å². The third-order valence-electron chi connectivity index (χ3n) is 5.59. The van der Waals surface area contributed by atoms with Gasteiger partial charge in [-0.3, -0.25) is 9.79 Å². The summed E-state index contributed by atoms with van der Waals surface area (Å²) < 4.78 is 4.94. The molecule has 158 valence electrons. The average Bonchev–Trinajstić information content (AvgIpc) is 3.05. The molecule has 2 aliphatic rings. The van der Waals surface area contributed by atoms with Crippen molar-refractivity contribution in [1.82, 2.24) is 15.1 Å². The van der Waals surface area contributed by atoms with Gasteiger partial charge < -0.3 is 19.9 Å². The minimum absolute atomic E-state index is 0. The molecule has 0 aliphatic carbocycles. The third kappa shape index (κ3) is 8.13. The fourth-order valence-corrected chi connectivity index (χ4v) is 4.02. The first kappa shape index (κ1) is 24.5. The van der Waals surface area contributed by atoms with Gasteiger partial charge in [-0.2, -0.15) is 0 Å². The van der Waals surface area contributed by atoms with Crippen LogP contribution in [0.25, 0.3) is 0 Å². The van der Waals surface area contributed by atoms with Crippen molar-refractivity contribution < 1.29 is 9.53 Å². The van der Waals surface area contributed by atoms with Crippen molar-refractivity contribution >= 4 is 35.9 Å². The van der Waals surface area contributed by atoms with E-state index in [9.17, 15) is 4.79 Å². The summed E-state index contributed by atoms with van der Waals surface area (Å²) in [5.41, 5.74) is 0. The second-order valence-corrected chi connectivity index (χ2v) is 7.71. The van der Waals surface area contributed by atoms with E-state index in [4.69, 9.17) is 9.73 Å². The molecule has 0 bridgehead atoms. The molecular formula is C20H39IN4O2. The number of unbranched alkanes of at least 4 members (excludes halogenated alkanes) is 2. The van der Waals surface area contributed by atoms with Gasteiger partial charge in [0.15, 0.2) is 5.96 Å². The predicted molar refractivity (Wildman–Crippen MR) is 122 cm³/mol. The van der Waals surface area contributed by atoms with Crippen molar-refractivity contribution in [2.75, 3.05) is 52.9 Å². The Morgan fingerprint density at radius 1 is 1.15 bits per heavy atom. The van der Waals surface area contributed by atoms with Crippen molar-refractivity contribution in [2.45, 2.75) is 52.4 Å². The Morgan fingerprint density at radius 3 is 2.56 bits per heavy atom. The number of methoxy groups -OCH3 is 1. The largest absolute Gasteiger partial charge is 0.469 e. The number of hydrogen-bond acceptors (Lipinski definition) is 4. The highest BCUT2D eigenvalue weighted by Gasteiger charge is 2.36. The highest BCUT2D eigenvalue weighted by molar-refractivity contribution is 14.0. The van der Waals surface area contributed by atoms with E-state index < -0.39 is 0 Å². The zero-order valence-electron chi connectivity index (χ0n) is 17.4. The van der Waals surface area contributed by atoms with Crippen molar-refractivity contribution in [3.05, 3.63) is 0 Å². The number of hydrogen-bond donors (Lipinski definition) is 1. The molecular weight excluding hydrogens is 455 g/mol. The molecule has 2 fully saturated rings.